The van der Waals surface area contributed by atoms with Gasteiger partial charge in [-0.05, 0) is 38.0 Å². The average molecular weight is 380 g/mol. The largest absolute Gasteiger partial charge is 0.465 e. The summed E-state index contributed by atoms with van der Waals surface area (Å²) in [5.41, 5.74) is 0.665. The Hall–Kier alpha value is -2.02. The molecule has 142 valence electrons. The molecule has 0 aliphatic rings. The number of amides is 1. The van der Waals surface area contributed by atoms with Crippen LogP contribution in [0.4, 0.5) is 4.39 Å². The molecule has 0 fully saturated rings. The van der Waals surface area contributed by atoms with E-state index in [9.17, 15) is 14.0 Å². The van der Waals surface area contributed by atoms with Crippen LogP contribution in [0.1, 0.15) is 46.5 Å². The molecule has 0 unspecified atom stereocenters. The monoisotopic (exact) mass is 380 g/mol. The zero-order chi connectivity index (χ0) is 19.1. The number of aromatic nitrogens is 1. The number of halogens is 1. The number of ether oxygens (including phenoxy) is 1. The van der Waals surface area contributed by atoms with Crippen molar-refractivity contribution in [1.82, 2.24) is 4.57 Å². The van der Waals surface area contributed by atoms with E-state index in [0.717, 1.165) is 25.7 Å². The van der Waals surface area contributed by atoms with Crippen LogP contribution in [0.15, 0.2) is 23.2 Å². The normalized spacial score (nSPS) is 12.1. The highest BCUT2D eigenvalue weighted by atomic mass is 32.1. The lowest BCUT2D eigenvalue weighted by atomic mass is 9.98. The molecule has 0 saturated heterocycles. The van der Waals surface area contributed by atoms with Gasteiger partial charge in [-0.1, -0.05) is 38.0 Å². The van der Waals surface area contributed by atoms with Crippen molar-refractivity contribution in [3.63, 3.8) is 0 Å². The first-order chi connectivity index (χ1) is 12.5. The molecular weight excluding hydrogens is 355 g/mol. The van der Waals surface area contributed by atoms with E-state index in [4.69, 9.17) is 4.74 Å². The van der Waals surface area contributed by atoms with Crippen molar-refractivity contribution in [3.05, 3.63) is 28.8 Å². The first-order valence-electron chi connectivity index (χ1n) is 9.03. The summed E-state index contributed by atoms with van der Waals surface area (Å²) in [7, 11) is 0. The van der Waals surface area contributed by atoms with Gasteiger partial charge in [-0.25, -0.2) is 4.39 Å². The van der Waals surface area contributed by atoms with Crippen LogP contribution in [-0.2, 0) is 20.9 Å². The van der Waals surface area contributed by atoms with E-state index in [0.29, 0.717) is 15.0 Å². The smallest absolute Gasteiger partial charge is 0.326 e. The summed E-state index contributed by atoms with van der Waals surface area (Å²) in [5.74, 6) is -1.08. The zero-order valence-corrected chi connectivity index (χ0v) is 16.3. The summed E-state index contributed by atoms with van der Waals surface area (Å²) >= 11 is 1.21. The third kappa shape index (κ3) is 5.00. The van der Waals surface area contributed by atoms with Crippen molar-refractivity contribution in [2.75, 3.05) is 6.61 Å². The molecule has 7 heteroatoms. The van der Waals surface area contributed by atoms with E-state index >= 15 is 0 Å². The Morgan fingerprint density at radius 1 is 1.23 bits per heavy atom. The van der Waals surface area contributed by atoms with Crippen LogP contribution >= 0.6 is 11.3 Å². The predicted octanol–water partition coefficient (Wildman–Crippen LogP) is 4.05. The van der Waals surface area contributed by atoms with Gasteiger partial charge in [0.15, 0.2) is 4.80 Å². The van der Waals surface area contributed by atoms with Crippen molar-refractivity contribution in [1.29, 1.82) is 0 Å². The van der Waals surface area contributed by atoms with Crippen LogP contribution in [0.3, 0.4) is 0 Å². The molecule has 2 rings (SSSR count). The van der Waals surface area contributed by atoms with Crippen molar-refractivity contribution in [3.8, 4) is 0 Å². The Morgan fingerprint density at radius 3 is 2.54 bits per heavy atom. The summed E-state index contributed by atoms with van der Waals surface area (Å²) in [5, 5.41) is 0. The maximum Gasteiger partial charge on any atom is 0.326 e. The quantitative estimate of drug-likeness (QED) is 0.649. The third-order valence-electron chi connectivity index (χ3n) is 4.07. The standard InChI is InChI=1S/C19H25FN2O3S/c1-4-7-13(8-5-2)18(24)21-19-22(12-17(23)25-6-3)15-10-9-14(20)11-16(15)26-19/h9-11,13H,4-8,12H2,1-3H3. The maximum absolute atomic E-state index is 13.6. The number of nitrogens with zero attached hydrogens (tertiary/aromatic N) is 2. The van der Waals surface area contributed by atoms with Gasteiger partial charge in [-0.2, -0.15) is 4.99 Å². The fraction of sp³-hybridized carbons (Fsp3) is 0.526. The Morgan fingerprint density at radius 2 is 1.92 bits per heavy atom. The minimum atomic E-state index is -0.413. The molecule has 1 heterocycles. The lowest BCUT2D eigenvalue weighted by Gasteiger charge is -2.10. The van der Waals surface area contributed by atoms with Gasteiger partial charge in [0.1, 0.15) is 12.4 Å². The second-order valence-corrected chi connectivity index (χ2v) is 7.12. The van der Waals surface area contributed by atoms with Crippen LogP contribution in [0.25, 0.3) is 10.2 Å². The molecule has 1 aromatic carbocycles. The van der Waals surface area contributed by atoms with Crippen molar-refractivity contribution in [2.24, 2.45) is 10.9 Å². The van der Waals surface area contributed by atoms with Gasteiger partial charge in [0.05, 0.1) is 16.8 Å². The maximum atomic E-state index is 13.6. The van der Waals surface area contributed by atoms with E-state index < -0.39 is 5.97 Å². The zero-order valence-electron chi connectivity index (χ0n) is 15.5. The summed E-state index contributed by atoms with van der Waals surface area (Å²) in [6, 6.07) is 4.32. The second-order valence-electron chi connectivity index (χ2n) is 6.11. The van der Waals surface area contributed by atoms with Gasteiger partial charge in [0, 0.05) is 5.92 Å². The molecule has 0 atom stereocenters. The summed E-state index contributed by atoms with van der Waals surface area (Å²) < 4.78 is 20.8. The van der Waals surface area contributed by atoms with E-state index in [1.807, 2.05) is 13.8 Å². The molecule has 0 saturated carbocycles. The number of hydrogen-bond donors (Lipinski definition) is 0. The molecule has 0 aliphatic heterocycles. The van der Waals surface area contributed by atoms with Gasteiger partial charge in [0.2, 0.25) is 0 Å². The lowest BCUT2D eigenvalue weighted by molar-refractivity contribution is -0.143. The summed E-state index contributed by atoms with van der Waals surface area (Å²) in [6.45, 7) is 6.03. The highest BCUT2D eigenvalue weighted by Gasteiger charge is 2.18. The number of rotatable bonds is 8. The van der Waals surface area contributed by atoms with Gasteiger partial charge < -0.3 is 9.30 Å². The van der Waals surface area contributed by atoms with Crippen molar-refractivity contribution < 1.29 is 18.7 Å². The Bertz CT molecular complexity index is 835. The predicted molar refractivity (Wildman–Crippen MR) is 100 cm³/mol. The van der Waals surface area contributed by atoms with Gasteiger partial charge >= 0.3 is 5.97 Å². The van der Waals surface area contributed by atoms with Crippen molar-refractivity contribution in [2.45, 2.75) is 53.0 Å². The number of thiazole rings is 1. The summed E-state index contributed by atoms with van der Waals surface area (Å²) in [4.78, 5) is 29.3. The second kappa shape index (κ2) is 9.62. The van der Waals surface area contributed by atoms with E-state index in [1.165, 1.54) is 23.5 Å². The number of fused-ring (bicyclic) bond motifs is 1. The average Bonchev–Trinajstić information content (AvgIpc) is 2.91. The van der Waals surface area contributed by atoms with Crippen LogP contribution in [-0.4, -0.2) is 23.1 Å². The van der Waals surface area contributed by atoms with E-state index in [2.05, 4.69) is 4.99 Å². The van der Waals surface area contributed by atoms with Crippen LogP contribution in [0, 0.1) is 11.7 Å². The lowest BCUT2D eigenvalue weighted by Crippen LogP contribution is -2.24. The van der Waals surface area contributed by atoms with Gasteiger partial charge in [-0.3, -0.25) is 9.59 Å². The first-order valence-corrected chi connectivity index (χ1v) is 9.84. The Labute approximate surface area is 156 Å². The van der Waals surface area contributed by atoms with E-state index in [1.54, 1.807) is 17.6 Å². The summed E-state index contributed by atoms with van der Waals surface area (Å²) in [6.07, 6.45) is 3.39. The minimum Gasteiger partial charge on any atom is -0.465 e. The SMILES string of the molecule is CCCC(CCC)C(=O)N=c1sc2cc(F)ccc2n1CC(=O)OCC. The molecular formula is C19H25FN2O3S. The van der Waals surface area contributed by atoms with Gasteiger partial charge in [-0.15, -0.1) is 0 Å². The topological polar surface area (TPSA) is 60.7 Å². The van der Waals surface area contributed by atoms with Crippen LogP contribution < -0.4 is 4.80 Å². The number of hydrogen-bond acceptors (Lipinski definition) is 4. The molecule has 0 aliphatic carbocycles. The fourth-order valence-corrected chi connectivity index (χ4v) is 3.95. The molecule has 0 spiro atoms. The van der Waals surface area contributed by atoms with Crippen LogP contribution in [0.2, 0.25) is 0 Å². The molecule has 0 bridgehead atoms. The van der Waals surface area contributed by atoms with Crippen molar-refractivity contribution >= 4 is 33.4 Å². The molecule has 2 aromatic rings. The Balaban J connectivity index is 2.49. The molecule has 1 amide bonds. The number of benzene rings is 1. The van der Waals surface area contributed by atoms with E-state index in [-0.39, 0.29) is 30.8 Å². The molecule has 0 N–H and O–H groups in total. The molecule has 26 heavy (non-hydrogen) atoms. The van der Waals surface area contributed by atoms with Gasteiger partial charge in [0.25, 0.3) is 5.91 Å². The molecule has 5 nitrogen and oxygen atoms in total. The molecule has 1 aromatic heterocycles. The highest BCUT2D eigenvalue weighted by molar-refractivity contribution is 7.16. The number of esters is 1. The molecule has 0 radical (unpaired) electrons. The highest BCUT2D eigenvalue weighted by Crippen LogP contribution is 2.20. The minimum absolute atomic E-state index is 0.0577. The number of carbonyl (C=O) groups excluding carboxylic acids is 2. The fourth-order valence-electron chi connectivity index (χ4n) is 2.89. The Kier molecular flexibility index (Phi) is 7.50. The van der Waals surface area contributed by atoms with Crippen LogP contribution in [0.5, 0.6) is 0 Å². The first kappa shape index (κ1) is 20.3. The number of carbonyl (C=O) groups is 2. The third-order valence-corrected chi connectivity index (χ3v) is 5.11.